The van der Waals surface area contributed by atoms with Gasteiger partial charge in [-0.1, -0.05) is 29.3 Å². The van der Waals surface area contributed by atoms with Crippen molar-refractivity contribution in [3.8, 4) is 5.69 Å². The van der Waals surface area contributed by atoms with Crippen molar-refractivity contribution in [3.63, 3.8) is 0 Å². The van der Waals surface area contributed by atoms with Crippen LogP contribution in [0.3, 0.4) is 0 Å². The smallest absolute Gasteiger partial charge is 0.140 e. The van der Waals surface area contributed by atoms with Crippen LogP contribution in [0, 0.1) is 6.07 Å². The second kappa shape index (κ2) is 4.44. The van der Waals surface area contributed by atoms with Crippen molar-refractivity contribution >= 4 is 23.2 Å². The van der Waals surface area contributed by atoms with E-state index in [1.807, 2.05) is 0 Å². The first kappa shape index (κ1) is 11.4. The maximum Gasteiger partial charge on any atom is 0.140 e. The van der Waals surface area contributed by atoms with E-state index in [9.17, 15) is 4.39 Å². The molecule has 2 nitrogen and oxygen atoms in total. The zero-order valence-corrected chi connectivity index (χ0v) is 9.93. The molecule has 1 radical (unpaired) electrons. The summed E-state index contributed by atoms with van der Waals surface area (Å²) in [6.07, 6.45) is 0.209. The highest BCUT2D eigenvalue weighted by molar-refractivity contribution is 6.37. The van der Waals surface area contributed by atoms with E-state index in [-0.39, 0.29) is 0 Å². The number of aromatic nitrogens is 2. The zero-order chi connectivity index (χ0) is 11.7. The Labute approximate surface area is 103 Å². The quantitative estimate of drug-likeness (QED) is 0.795. The molecule has 1 aromatic heterocycles. The fourth-order valence-corrected chi connectivity index (χ4v) is 1.99. The van der Waals surface area contributed by atoms with Crippen LogP contribution in [0.2, 0.25) is 10.0 Å². The van der Waals surface area contributed by atoms with Crippen molar-refractivity contribution in [1.82, 2.24) is 9.78 Å². The van der Waals surface area contributed by atoms with Gasteiger partial charge in [0.25, 0.3) is 0 Å². The molecule has 2 aromatic rings. The van der Waals surface area contributed by atoms with Crippen LogP contribution in [-0.4, -0.2) is 9.78 Å². The largest absolute Gasteiger partial charge is 0.241 e. The van der Waals surface area contributed by atoms with E-state index >= 15 is 0 Å². The van der Waals surface area contributed by atoms with Gasteiger partial charge in [0.2, 0.25) is 0 Å². The fraction of sp³-hybridized carbons (Fsp3) is 0.182. The molecule has 2 rings (SSSR count). The molecule has 83 valence electrons. The van der Waals surface area contributed by atoms with Crippen molar-refractivity contribution in [3.05, 3.63) is 46.2 Å². The number of hydrogen-bond donors (Lipinski definition) is 0. The molecule has 16 heavy (non-hydrogen) atoms. The second-order valence-corrected chi connectivity index (χ2v) is 4.09. The number of rotatable bonds is 2. The normalized spacial score (nSPS) is 12.8. The second-order valence-electron chi connectivity index (χ2n) is 3.27. The summed E-state index contributed by atoms with van der Waals surface area (Å²) in [6.45, 7) is 1.41. The third-order valence-electron chi connectivity index (χ3n) is 2.14. The van der Waals surface area contributed by atoms with Gasteiger partial charge in [-0.25, -0.2) is 9.07 Å². The lowest BCUT2D eigenvalue weighted by Gasteiger charge is -2.11. The molecule has 0 saturated heterocycles. The number of benzene rings is 1. The molecule has 0 bridgehead atoms. The summed E-state index contributed by atoms with van der Waals surface area (Å²) in [6, 6.07) is 7.80. The summed E-state index contributed by atoms with van der Waals surface area (Å²) in [7, 11) is 0. The van der Waals surface area contributed by atoms with Gasteiger partial charge in [0.15, 0.2) is 0 Å². The predicted octanol–water partition coefficient (Wildman–Crippen LogP) is 4.01. The molecule has 0 aliphatic heterocycles. The van der Waals surface area contributed by atoms with Gasteiger partial charge in [-0.15, -0.1) is 0 Å². The molecule has 0 aliphatic rings. The standard InChI is InChI=1S/C11H8Cl2FN2/c1-7(14)10-5-6-15-16(10)11-8(12)3-2-4-9(11)13/h2-4,6-7H,1H3. The molecule has 0 saturated carbocycles. The number of para-hydroxylation sites is 1. The lowest BCUT2D eigenvalue weighted by Crippen LogP contribution is -2.04. The maximum absolute atomic E-state index is 13.3. The number of nitrogens with zero attached hydrogens (tertiary/aromatic N) is 2. The Kier molecular flexibility index (Phi) is 3.17. The topological polar surface area (TPSA) is 17.8 Å². The Bertz CT molecular complexity index is 488. The van der Waals surface area contributed by atoms with Gasteiger partial charge < -0.3 is 0 Å². The van der Waals surface area contributed by atoms with E-state index in [0.717, 1.165) is 0 Å². The molecule has 0 N–H and O–H groups in total. The molecule has 1 heterocycles. The number of halogens is 3. The van der Waals surface area contributed by atoms with Crippen LogP contribution in [0.4, 0.5) is 4.39 Å². The first-order valence-corrected chi connectivity index (χ1v) is 5.41. The van der Waals surface area contributed by atoms with E-state index in [1.54, 1.807) is 18.2 Å². The zero-order valence-electron chi connectivity index (χ0n) is 8.42. The summed E-state index contributed by atoms with van der Waals surface area (Å²) in [5.41, 5.74) is 0.779. The third kappa shape index (κ3) is 1.93. The first-order chi connectivity index (χ1) is 7.61. The summed E-state index contributed by atoms with van der Waals surface area (Å²) in [5, 5.41) is 4.83. The van der Waals surface area contributed by atoms with E-state index < -0.39 is 6.17 Å². The van der Waals surface area contributed by atoms with Crippen molar-refractivity contribution in [2.45, 2.75) is 13.1 Å². The van der Waals surface area contributed by atoms with E-state index in [0.29, 0.717) is 21.4 Å². The SMILES string of the molecule is CC(F)c1[c]cnn1-c1c(Cl)cccc1Cl. The fourth-order valence-electron chi connectivity index (χ4n) is 1.43. The Morgan fingerprint density at radius 1 is 1.38 bits per heavy atom. The van der Waals surface area contributed by atoms with Crippen LogP contribution < -0.4 is 0 Å². The Morgan fingerprint density at radius 3 is 2.56 bits per heavy atom. The summed E-state index contributed by atoms with van der Waals surface area (Å²) < 4.78 is 14.7. The summed E-state index contributed by atoms with van der Waals surface area (Å²) in [5.74, 6) is 0. The van der Waals surface area contributed by atoms with Crippen molar-refractivity contribution in [2.75, 3.05) is 0 Å². The van der Waals surface area contributed by atoms with E-state index in [4.69, 9.17) is 23.2 Å². The minimum atomic E-state index is -1.19. The van der Waals surface area contributed by atoms with Gasteiger partial charge >= 0.3 is 0 Å². The Hall–Kier alpha value is -1.06. The monoisotopic (exact) mass is 257 g/mol. The molecule has 0 aliphatic carbocycles. The molecule has 5 heteroatoms. The minimum Gasteiger partial charge on any atom is -0.241 e. The van der Waals surface area contributed by atoms with Crippen LogP contribution >= 0.6 is 23.2 Å². The van der Waals surface area contributed by atoms with Gasteiger partial charge in [-0.3, -0.25) is 0 Å². The van der Waals surface area contributed by atoms with Crippen molar-refractivity contribution in [1.29, 1.82) is 0 Å². The average molecular weight is 258 g/mol. The summed E-state index contributed by atoms with van der Waals surface area (Å²) in [4.78, 5) is 0. The summed E-state index contributed by atoms with van der Waals surface area (Å²) >= 11 is 12.0. The van der Waals surface area contributed by atoms with Crippen LogP contribution in [-0.2, 0) is 0 Å². The Morgan fingerprint density at radius 2 is 2.00 bits per heavy atom. The van der Waals surface area contributed by atoms with E-state index in [1.165, 1.54) is 17.8 Å². The lowest BCUT2D eigenvalue weighted by molar-refractivity contribution is 0.358. The molecule has 1 unspecified atom stereocenters. The molecular formula is C11H8Cl2FN2. The molecule has 0 fully saturated rings. The van der Waals surface area contributed by atoms with Gasteiger partial charge in [0.05, 0.1) is 21.9 Å². The van der Waals surface area contributed by atoms with Gasteiger partial charge in [0, 0.05) is 6.07 Å². The van der Waals surface area contributed by atoms with Crippen LogP contribution in [0.1, 0.15) is 18.8 Å². The molecule has 0 spiro atoms. The van der Waals surface area contributed by atoms with Crippen LogP contribution in [0.5, 0.6) is 0 Å². The minimum absolute atomic E-state index is 0.301. The highest BCUT2D eigenvalue weighted by Gasteiger charge is 2.16. The van der Waals surface area contributed by atoms with Gasteiger partial charge in [-0.2, -0.15) is 5.10 Å². The third-order valence-corrected chi connectivity index (χ3v) is 2.75. The number of hydrogen-bond acceptors (Lipinski definition) is 1. The molecule has 1 atom stereocenters. The van der Waals surface area contributed by atoms with Crippen molar-refractivity contribution in [2.24, 2.45) is 0 Å². The highest BCUT2D eigenvalue weighted by Crippen LogP contribution is 2.30. The van der Waals surface area contributed by atoms with Gasteiger partial charge in [0.1, 0.15) is 11.9 Å². The first-order valence-electron chi connectivity index (χ1n) is 4.65. The van der Waals surface area contributed by atoms with Crippen molar-refractivity contribution < 1.29 is 4.39 Å². The molecule has 0 amide bonds. The Balaban J connectivity index is 2.63. The van der Waals surface area contributed by atoms with E-state index in [2.05, 4.69) is 11.2 Å². The highest BCUT2D eigenvalue weighted by atomic mass is 35.5. The molecular weight excluding hydrogens is 250 g/mol. The van der Waals surface area contributed by atoms with Crippen LogP contribution in [0.15, 0.2) is 24.4 Å². The van der Waals surface area contributed by atoms with Crippen LogP contribution in [0.25, 0.3) is 5.69 Å². The lowest BCUT2D eigenvalue weighted by atomic mass is 10.2. The average Bonchev–Trinajstić information content (AvgIpc) is 2.66. The molecule has 1 aromatic carbocycles. The predicted molar refractivity (Wildman–Crippen MR) is 61.9 cm³/mol. The maximum atomic E-state index is 13.3. The number of alkyl halides is 1. The van der Waals surface area contributed by atoms with Gasteiger partial charge in [-0.05, 0) is 19.1 Å².